The fourth-order valence-corrected chi connectivity index (χ4v) is 6.69. The molecular weight excluding hydrogens is 614 g/mol. The summed E-state index contributed by atoms with van der Waals surface area (Å²) >= 11 is 0. The molecule has 0 unspecified atom stereocenters. The number of carbonyl (C=O) groups excluding carboxylic acids is 2. The van der Waals surface area contributed by atoms with Gasteiger partial charge in [0.15, 0.2) is 5.82 Å². The summed E-state index contributed by atoms with van der Waals surface area (Å²) < 4.78 is 37.1. The van der Waals surface area contributed by atoms with Crippen molar-refractivity contribution in [1.29, 1.82) is 0 Å². The molecule has 0 atom stereocenters. The molecular formula is C38H38F2N4O4. The molecule has 2 heterocycles. The lowest BCUT2D eigenvalue weighted by molar-refractivity contribution is -0.198. The molecule has 248 valence electrons. The highest BCUT2D eigenvalue weighted by Gasteiger charge is 2.50. The van der Waals surface area contributed by atoms with Crippen molar-refractivity contribution in [3.05, 3.63) is 106 Å². The third-order valence-electron chi connectivity index (χ3n) is 9.10. The summed E-state index contributed by atoms with van der Waals surface area (Å²) in [5.74, 6) is 0.208. The second-order valence-electron chi connectivity index (χ2n) is 12.5. The quantitative estimate of drug-likeness (QED) is 0.159. The number of ether oxygens (including phenoxy) is 1. The van der Waals surface area contributed by atoms with Crippen LogP contribution in [0, 0.1) is 20.8 Å². The van der Waals surface area contributed by atoms with Crippen LogP contribution in [0.25, 0.3) is 33.4 Å². The number of benzene rings is 3. The number of halogens is 2. The van der Waals surface area contributed by atoms with E-state index in [9.17, 15) is 18.4 Å². The Hall–Kier alpha value is -4.96. The molecule has 1 fully saturated rings. The molecule has 1 saturated carbocycles. The van der Waals surface area contributed by atoms with Crippen LogP contribution in [0.15, 0.2) is 71.4 Å². The second kappa shape index (κ2) is 13.3. The standard InChI is InChI=1S/C38H38F2N4O4/c1-6-8-25-16-31-30(32(35(46)41-5)33(48-31)24-11-9-21(2)10-12-24)18-29(25)27-17-28(23(4)15-22(27)3)34(45)44-38(36-42-13-7-14-43-36)19-26(20-38)47-37(39)40/h7,9-18,26,37H,6,8,19-20H2,1-5H3,(H,41,46)(H,44,45). The van der Waals surface area contributed by atoms with Crippen LogP contribution >= 0.6 is 0 Å². The van der Waals surface area contributed by atoms with Crippen molar-refractivity contribution in [2.24, 2.45) is 0 Å². The maximum absolute atomic E-state index is 14.0. The Kier molecular flexibility index (Phi) is 9.11. The molecule has 1 aliphatic rings. The monoisotopic (exact) mass is 652 g/mol. The third-order valence-corrected chi connectivity index (χ3v) is 9.10. The van der Waals surface area contributed by atoms with Gasteiger partial charge in [-0.05, 0) is 79.3 Å². The highest BCUT2D eigenvalue weighted by molar-refractivity contribution is 6.12. The minimum absolute atomic E-state index is 0.119. The fraction of sp³-hybridized carbons (Fsp3) is 0.316. The predicted octanol–water partition coefficient (Wildman–Crippen LogP) is 7.82. The van der Waals surface area contributed by atoms with Crippen LogP contribution in [0.1, 0.15) is 75.0 Å². The number of rotatable bonds is 10. The number of nitrogens with zero attached hydrogens (tertiary/aromatic N) is 2. The van der Waals surface area contributed by atoms with E-state index in [2.05, 4.69) is 27.5 Å². The van der Waals surface area contributed by atoms with Crippen LogP contribution in [0.3, 0.4) is 0 Å². The van der Waals surface area contributed by atoms with Gasteiger partial charge in [-0.15, -0.1) is 0 Å². The van der Waals surface area contributed by atoms with Crippen LogP contribution in [0.4, 0.5) is 8.78 Å². The Balaban J connectivity index is 1.45. The molecule has 10 heteroatoms. The summed E-state index contributed by atoms with van der Waals surface area (Å²) in [4.78, 5) is 36.1. The summed E-state index contributed by atoms with van der Waals surface area (Å²) in [5, 5.41) is 6.52. The van der Waals surface area contributed by atoms with Gasteiger partial charge >= 0.3 is 6.61 Å². The number of aryl methyl sites for hydroxylation is 4. The van der Waals surface area contributed by atoms with Gasteiger partial charge in [-0.2, -0.15) is 8.78 Å². The van der Waals surface area contributed by atoms with Crippen LogP contribution in [0.2, 0.25) is 0 Å². The number of alkyl halides is 2. The van der Waals surface area contributed by atoms with Gasteiger partial charge in [0.25, 0.3) is 11.8 Å². The molecule has 0 spiro atoms. The van der Waals surface area contributed by atoms with Gasteiger partial charge < -0.3 is 19.8 Å². The van der Waals surface area contributed by atoms with E-state index in [1.807, 2.05) is 69.3 Å². The van der Waals surface area contributed by atoms with Crippen molar-refractivity contribution < 1.29 is 27.5 Å². The molecule has 0 saturated heterocycles. The molecule has 1 aliphatic carbocycles. The summed E-state index contributed by atoms with van der Waals surface area (Å²) in [6, 6.07) is 17.3. The van der Waals surface area contributed by atoms with Gasteiger partial charge in [0.05, 0.1) is 11.7 Å². The SMILES string of the molecule is CCCc1cc2oc(-c3ccc(C)cc3)c(C(=O)NC)c2cc1-c1cc(C(=O)NC2(c3ncccn3)CC(OC(F)F)C2)c(C)cc1C. The number of hydrogen-bond donors (Lipinski definition) is 2. The Morgan fingerprint density at radius 2 is 1.69 bits per heavy atom. The van der Waals surface area contributed by atoms with Crippen LogP contribution < -0.4 is 10.6 Å². The average molecular weight is 653 g/mol. The van der Waals surface area contributed by atoms with Crippen molar-refractivity contribution in [2.45, 2.75) is 71.6 Å². The molecule has 6 rings (SSSR count). The van der Waals surface area contributed by atoms with Crippen molar-refractivity contribution in [1.82, 2.24) is 20.6 Å². The fourth-order valence-electron chi connectivity index (χ4n) is 6.69. The number of carbonyl (C=O) groups is 2. The first-order chi connectivity index (χ1) is 23.0. The van der Waals surface area contributed by atoms with Crippen LogP contribution in [-0.2, 0) is 16.7 Å². The summed E-state index contributed by atoms with van der Waals surface area (Å²) in [7, 11) is 1.60. The number of nitrogens with one attached hydrogen (secondary N) is 2. The molecule has 0 radical (unpaired) electrons. The Morgan fingerprint density at radius 1 is 0.979 bits per heavy atom. The van der Waals surface area contributed by atoms with Gasteiger partial charge in [-0.3, -0.25) is 9.59 Å². The van der Waals surface area contributed by atoms with Crippen LogP contribution in [-0.4, -0.2) is 41.5 Å². The normalized spacial score (nSPS) is 17.4. The number of hydrogen-bond acceptors (Lipinski definition) is 6. The van der Waals surface area contributed by atoms with E-state index < -0.39 is 18.3 Å². The van der Waals surface area contributed by atoms with E-state index in [0.717, 1.165) is 51.8 Å². The Bertz CT molecular complexity index is 1980. The molecule has 0 aliphatic heterocycles. The van der Waals surface area contributed by atoms with Gasteiger partial charge in [-0.1, -0.05) is 49.2 Å². The van der Waals surface area contributed by atoms with Crippen molar-refractivity contribution in [3.8, 4) is 22.5 Å². The predicted molar refractivity (Wildman–Crippen MR) is 180 cm³/mol. The first-order valence-corrected chi connectivity index (χ1v) is 16.1. The van der Waals surface area contributed by atoms with E-state index in [1.165, 1.54) is 0 Å². The maximum Gasteiger partial charge on any atom is 0.345 e. The molecule has 3 aromatic carbocycles. The third kappa shape index (κ3) is 6.20. The lowest BCUT2D eigenvalue weighted by Crippen LogP contribution is -2.58. The Labute approximate surface area is 277 Å². The number of amides is 2. The first kappa shape index (κ1) is 33.0. The average Bonchev–Trinajstić information content (AvgIpc) is 3.42. The zero-order valence-electron chi connectivity index (χ0n) is 27.6. The van der Waals surface area contributed by atoms with E-state index >= 15 is 0 Å². The van der Waals surface area contributed by atoms with Gasteiger partial charge in [-0.25, -0.2) is 9.97 Å². The zero-order chi connectivity index (χ0) is 34.2. The van der Waals surface area contributed by atoms with E-state index in [1.54, 1.807) is 25.5 Å². The van der Waals surface area contributed by atoms with E-state index in [0.29, 0.717) is 33.7 Å². The molecule has 0 bridgehead atoms. The summed E-state index contributed by atoms with van der Waals surface area (Å²) in [6.07, 6.45) is 4.24. The lowest BCUT2D eigenvalue weighted by Gasteiger charge is -2.46. The second-order valence-corrected chi connectivity index (χ2v) is 12.5. The molecule has 48 heavy (non-hydrogen) atoms. The minimum atomic E-state index is -2.91. The van der Waals surface area contributed by atoms with Crippen molar-refractivity contribution >= 4 is 22.8 Å². The Morgan fingerprint density at radius 3 is 2.33 bits per heavy atom. The lowest BCUT2D eigenvalue weighted by atomic mass is 9.73. The van der Waals surface area contributed by atoms with Gasteiger partial charge in [0, 0.05) is 48.8 Å². The topological polar surface area (TPSA) is 106 Å². The molecule has 5 aromatic rings. The molecule has 2 amide bonds. The van der Waals surface area contributed by atoms with Gasteiger partial charge in [0.1, 0.15) is 16.9 Å². The zero-order valence-corrected chi connectivity index (χ0v) is 27.6. The minimum Gasteiger partial charge on any atom is -0.455 e. The summed E-state index contributed by atoms with van der Waals surface area (Å²) in [5.41, 5.74) is 6.81. The highest BCUT2D eigenvalue weighted by Crippen LogP contribution is 2.43. The van der Waals surface area contributed by atoms with E-state index in [-0.39, 0.29) is 24.7 Å². The molecule has 8 nitrogen and oxygen atoms in total. The number of aromatic nitrogens is 2. The smallest absolute Gasteiger partial charge is 0.345 e. The van der Waals surface area contributed by atoms with Crippen molar-refractivity contribution in [2.75, 3.05) is 7.05 Å². The van der Waals surface area contributed by atoms with Crippen LogP contribution in [0.5, 0.6) is 0 Å². The van der Waals surface area contributed by atoms with Gasteiger partial charge in [0.2, 0.25) is 0 Å². The number of furan rings is 1. The molecule has 2 N–H and O–H groups in total. The largest absolute Gasteiger partial charge is 0.455 e. The maximum atomic E-state index is 14.0. The highest BCUT2D eigenvalue weighted by atomic mass is 19.3. The van der Waals surface area contributed by atoms with Crippen molar-refractivity contribution in [3.63, 3.8) is 0 Å². The summed E-state index contributed by atoms with van der Waals surface area (Å²) in [6.45, 7) is 5.05. The number of fused-ring (bicyclic) bond motifs is 1. The van der Waals surface area contributed by atoms with E-state index in [4.69, 9.17) is 9.15 Å². The molecule has 2 aromatic heterocycles. The first-order valence-electron chi connectivity index (χ1n) is 16.1.